The van der Waals surface area contributed by atoms with Gasteiger partial charge in [-0.1, -0.05) is 18.2 Å². The highest BCUT2D eigenvalue weighted by atomic mass is 16.4. The summed E-state index contributed by atoms with van der Waals surface area (Å²) in [5.41, 5.74) is 0.723. The number of carboxylic acid groups (broad SMARTS) is 1. The molecule has 92 valence electrons. The lowest BCUT2D eigenvalue weighted by atomic mass is 10.2. The fraction of sp³-hybridized carbons (Fsp3) is 0.0833. The molecule has 0 aliphatic carbocycles. The quantitative estimate of drug-likeness (QED) is 0.853. The van der Waals surface area contributed by atoms with E-state index >= 15 is 0 Å². The van der Waals surface area contributed by atoms with E-state index in [1.807, 2.05) is 0 Å². The summed E-state index contributed by atoms with van der Waals surface area (Å²) in [7, 11) is 0. The molecule has 0 aliphatic heterocycles. The van der Waals surface area contributed by atoms with Crippen LogP contribution < -0.4 is 5.32 Å². The number of rotatable bonds is 4. The number of carbonyl (C=O) groups excluding carboxylic acids is 1. The van der Waals surface area contributed by atoms with Crippen LogP contribution in [0.3, 0.4) is 0 Å². The van der Waals surface area contributed by atoms with Crippen LogP contribution in [0.4, 0.5) is 6.01 Å². The number of amides is 1. The summed E-state index contributed by atoms with van der Waals surface area (Å²) < 4.78 is 4.95. The lowest BCUT2D eigenvalue weighted by molar-refractivity contribution is -0.136. The summed E-state index contributed by atoms with van der Waals surface area (Å²) in [5.74, 6) is -1.37. The standard InChI is InChI=1S/C12H10N2O4/c15-10(16)6-9-7-18-12(13-9)14-11(17)8-4-2-1-3-5-8/h1-5,7H,6H2,(H,15,16)(H,13,14,17). The van der Waals surface area contributed by atoms with Crippen LogP contribution in [-0.4, -0.2) is 22.0 Å². The van der Waals surface area contributed by atoms with Gasteiger partial charge >= 0.3 is 12.0 Å². The van der Waals surface area contributed by atoms with Crippen molar-refractivity contribution >= 4 is 17.9 Å². The zero-order chi connectivity index (χ0) is 13.0. The van der Waals surface area contributed by atoms with Crippen molar-refractivity contribution in [2.24, 2.45) is 0 Å². The second kappa shape index (κ2) is 5.13. The van der Waals surface area contributed by atoms with Gasteiger partial charge in [0.2, 0.25) is 0 Å². The van der Waals surface area contributed by atoms with Gasteiger partial charge in [-0.25, -0.2) is 0 Å². The van der Waals surface area contributed by atoms with Gasteiger partial charge in [0.25, 0.3) is 5.91 Å². The number of carboxylic acids is 1. The molecule has 1 aromatic heterocycles. The molecule has 0 bridgehead atoms. The van der Waals surface area contributed by atoms with Crippen molar-refractivity contribution < 1.29 is 19.1 Å². The predicted octanol–water partition coefficient (Wildman–Crippen LogP) is 1.55. The van der Waals surface area contributed by atoms with Crippen LogP contribution in [0.5, 0.6) is 0 Å². The number of hydrogen-bond donors (Lipinski definition) is 2. The van der Waals surface area contributed by atoms with E-state index in [0.717, 1.165) is 0 Å². The van der Waals surface area contributed by atoms with Crippen LogP contribution in [0.1, 0.15) is 16.1 Å². The molecule has 2 aromatic rings. The maximum atomic E-state index is 11.7. The number of benzene rings is 1. The third-order valence-corrected chi connectivity index (χ3v) is 2.14. The van der Waals surface area contributed by atoms with Gasteiger partial charge in [0.05, 0.1) is 12.1 Å². The maximum Gasteiger partial charge on any atom is 0.309 e. The molecule has 0 aliphatic rings. The van der Waals surface area contributed by atoms with Crippen LogP contribution in [0.25, 0.3) is 0 Å². The van der Waals surface area contributed by atoms with Crippen molar-refractivity contribution in [1.29, 1.82) is 0 Å². The van der Waals surface area contributed by atoms with E-state index in [9.17, 15) is 9.59 Å². The molecule has 0 spiro atoms. The largest absolute Gasteiger partial charge is 0.481 e. The number of hydrogen-bond acceptors (Lipinski definition) is 4. The molecule has 6 heteroatoms. The molecule has 0 radical (unpaired) electrons. The molecular formula is C12H10N2O4. The topological polar surface area (TPSA) is 92.4 Å². The molecule has 6 nitrogen and oxygen atoms in total. The Kier molecular flexibility index (Phi) is 3.38. The highest BCUT2D eigenvalue weighted by Gasteiger charge is 2.11. The number of anilines is 1. The van der Waals surface area contributed by atoms with Crippen LogP contribution in [-0.2, 0) is 11.2 Å². The van der Waals surface area contributed by atoms with Crippen LogP contribution in [0.15, 0.2) is 41.0 Å². The first kappa shape index (κ1) is 11.8. The van der Waals surface area contributed by atoms with Crippen LogP contribution in [0.2, 0.25) is 0 Å². The number of nitrogens with one attached hydrogen (secondary N) is 1. The fourth-order valence-corrected chi connectivity index (χ4v) is 1.36. The first-order valence-corrected chi connectivity index (χ1v) is 5.18. The summed E-state index contributed by atoms with van der Waals surface area (Å²) in [6.07, 6.45) is 0.958. The monoisotopic (exact) mass is 246 g/mol. The first-order valence-electron chi connectivity index (χ1n) is 5.18. The second-order valence-corrected chi connectivity index (χ2v) is 3.53. The minimum Gasteiger partial charge on any atom is -0.481 e. The molecule has 0 atom stereocenters. The molecular weight excluding hydrogens is 236 g/mol. The van der Waals surface area contributed by atoms with Crippen molar-refractivity contribution in [1.82, 2.24) is 4.98 Å². The number of nitrogens with zero attached hydrogens (tertiary/aromatic N) is 1. The van der Waals surface area contributed by atoms with Gasteiger partial charge in [-0.15, -0.1) is 0 Å². The number of aromatic nitrogens is 1. The minimum atomic E-state index is -1.01. The van der Waals surface area contributed by atoms with Crippen molar-refractivity contribution in [3.63, 3.8) is 0 Å². The van der Waals surface area contributed by atoms with Gasteiger partial charge in [0.15, 0.2) is 0 Å². The molecule has 0 saturated heterocycles. The van der Waals surface area contributed by atoms with E-state index in [0.29, 0.717) is 5.56 Å². The summed E-state index contributed by atoms with van der Waals surface area (Å²) >= 11 is 0. The zero-order valence-electron chi connectivity index (χ0n) is 9.29. The maximum absolute atomic E-state index is 11.7. The Morgan fingerprint density at radius 2 is 2.00 bits per heavy atom. The average Bonchev–Trinajstić information content (AvgIpc) is 2.76. The molecule has 1 amide bonds. The van der Waals surface area contributed by atoms with Crippen molar-refractivity contribution in [2.45, 2.75) is 6.42 Å². The zero-order valence-corrected chi connectivity index (χ0v) is 9.29. The molecule has 0 unspecified atom stereocenters. The van der Waals surface area contributed by atoms with Gasteiger partial charge in [0, 0.05) is 5.56 Å². The Morgan fingerprint density at radius 1 is 1.28 bits per heavy atom. The molecule has 1 heterocycles. The van der Waals surface area contributed by atoms with Crippen molar-refractivity contribution in [3.05, 3.63) is 47.9 Å². The smallest absolute Gasteiger partial charge is 0.309 e. The Bertz CT molecular complexity index is 562. The van der Waals surface area contributed by atoms with E-state index in [1.54, 1.807) is 30.3 Å². The van der Waals surface area contributed by atoms with Crippen molar-refractivity contribution in [2.75, 3.05) is 5.32 Å². The minimum absolute atomic E-state index is 0.0138. The Labute approximate surface area is 102 Å². The highest BCUT2D eigenvalue weighted by Crippen LogP contribution is 2.10. The van der Waals surface area contributed by atoms with Crippen molar-refractivity contribution in [3.8, 4) is 0 Å². The van der Waals surface area contributed by atoms with Gasteiger partial charge < -0.3 is 9.52 Å². The molecule has 18 heavy (non-hydrogen) atoms. The van der Waals surface area contributed by atoms with Gasteiger partial charge in [0.1, 0.15) is 6.26 Å². The van der Waals surface area contributed by atoms with E-state index in [2.05, 4.69) is 10.3 Å². The molecule has 2 N–H and O–H groups in total. The van der Waals surface area contributed by atoms with Gasteiger partial charge in [-0.05, 0) is 12.1 Å². The predicted molar refractivity (Wildman–Crippen MR) is 62.2 cm³/mol. The summed E-state index contributed by atoms with van der Waals surface area (Å²) in [5, 5.41) is 11.0. The Balaban J connectivity index is 2.04. The van der Waals surface area contributed by atoms with E-state index in [-0.39, 0.29) is 24.0 Å². The van der Waals surface area contributed by atoms with E-state index < -0.39 is 5.97 Å². The molecule has 0 fully saturated rings. The number of aliphatic carboxylic acids is 1. The number of carbonyl (C=O) groups is 2. The lowest BCUT2D eigenvalue weighted by Crippen LogP contribution is -2.12. The summed E-state index contributed by atoms with van der Waals surface area (Å²) in [6.45, 7) is 0. The van der Waals surface area contributed by atoms with Gasteiger partial charge in [-0.2, -0.15) is 4.98 Å². The van der Waals surface area contributed by atoms with Crippen LogP contribution >= 0.6 is 0 Å². The summed E-state index contributed by atoms with van der Waals surface area (Å²) in [4.78, 5) is 26.0. The normalized spacial score (nSPS) is 10.0. The summed E-state index contributed by atoms with van der Waals surface area (Å²) in [6, 6.07) is 8.56. The lowest BCUT2D eigenvalue weighted by Gasteiger charge is -1.99. The first-order chi connectivity index (χ1) is 8.65. The second-order valence-electron chi connectivity index (χ2n) is 3.53. The van der Waals surface area contributed by atoms with E-state index in [1.165, 1.54) is 6.26 Å². The molecule has 0 saturated carbocycles. The third kappa shape index (κ3) is 2.94. The highest BCUT2D eigenvalue weighted by molar-refractivity contribution is 6.03. The Morgan fingerprint density at radius 3 is 2.67 bits per heavy atom. The number of oxazole rings is 1. The SMILES string of the molecule is O=C(O)Cc1coc(NC(=O)c2ccccc2)n1. The fourth-order valence-electron chi connectivity index (χ4n) is 1.36. The Hall–Kier alpha value is -2.63. The average molecular weight is 246 g/mol. The van der Waals surface area contributed by atoms with Gasteiger partial charge in [-0.3, -0.25) is 14.9 Å². The third-order valence-electron chi connectivity index (χ3n) is 2.14. The molecule has 2 rings (SSSR count). The van der Waals surface area contributed by atoms with Crippen LogP contribution in [0, 0.1) is 0 Å². The molecule has 1 aromatic carbocycles. The van der Waals surface area contributed by atoms with E-state index in [4.69, 9.17) is 9.52 Å².